The quantitative estimate of drug-likeness (QED) is 0.802. The number of nitrogens with one attached hydrogen (secondary N) is 2. The normalized spacial score (nSPS) is 16.2. The van der Waals surface area contributed by atoms with E-state index in [2.05, 4.69) is 46.8 Å². The molecule has 0 bridgehead atoms. The predicted molar refractivity (Wildman–Crippen MR) is 105 cm³/mol. The lowest BCUT2D eigenvalue weighted by molar-refractivity contribution is -0.122. The number of pyridine rings is 1. The molecule has 138 valence electrons. The van der Waals surface area contributed by atoms with Crippen molar-refractivity contribution in [2.45, 2.75) is 45.1 Å². The van der Waals surface area contributed by atoms with Crippen LogP contribution in [0.3, 0.4) is 0 Å². The fourth-order valence-electron chi connectivity index (χ4n) is 3.54. The van der Waals surface area contributed by atoms with Gasteiger partial charge in [-0.25, -0.2) is 0 Å². The van der Waals surface area contributed by atoms with E-state index in [1.165, 1.54) is 24.0 Å². The second-order valence-electron chi connectivity index (χ2n) is 7.30. The Morgan fingerprint density at radius 3 is 2.65 bits per heavy atom. The molecule has 2 N–H and O–H groups in total. The van der Waals surface area contributed by atoms with E-state index >= 15 is 0 Å². The van der Waals surface area contributed by atoms with Gasteiger partial charge >= 0.3 is 0 Å². The Bertz CT molecular complexity index is 678. The number of aromatic nitrogens is 1. The van der Waals surface area contributed by atoms with Gasteiger partial charge in [-0.15, -0.1) is 0 Å². The summed E-state index contributed by atoms with van der Waals surface area (Å²) in [5.41, 5.74) is 3.38. The molecule has 0 aliphatic carbocycles. The summed E-state index contributed by atoms with van der Waals surface area (Å²) in [6.07, 6.45) is 6.49. The molecule has 4 heteroatoms. The van der Waals surface area contributed by atoms with E-state index in [9.17, 15) is 4.79 Å². The van der Waals surface area contributed by atoms with E-state index < -0.39 is 0 Å². The third-order valence-electron chi connectivity index (χ3n) is 5.18. The van der Waals surface area contributed by atoms with Crippen molar-refractivity contribution >= 4 is 5.91 Å². The summed E-state index contributed by atoms with van der Waals surface area (Å²) in [5.74, 6) is 0.804. The highest BCUT2D eigenvalue weighted by Gasteiger charge is 2.19. The van der Waals surface area contributed by atoms with Crippen LogP contribution in [0.5, 0.6) is 0 Å². The predicted octanol–water partition coefficient (Wildman–Crippen LogP) is 3.57. The van der Waals surface area contributed by atoms with Gasteiger partial charge in [-0.3, -0.25) is 9.78 Å². The lowest BCUT2D eigenvalue weighted by Crippen LogP contribution is -2.32. The zero-order valence-corrected chi connectivity index (χ0v) is 15.6. The molecule has 1 aliphatic rings. The number of amides is 1. The Morgan fingerprint density at radius 1 is 1.19 bits per heavy atom. The molecule has 1 aromatic carbocycles. The van der Waals surface area contributed by atoms with Crippen molar-refractivity contribution in [1.29, 1.82) is 0 Å². The molecule has 0 radical (unpaired) electrons. The first-order valence-corrected chi connectivity index (χ1v) is 9.67. The first kappa shape index (κ1) is 18.6. The van der Waals surface area contributed by atoms with Crippen LogP contribution < -0.4 is 10.6 Å². The Hall–Kier alpha value is -2.20. The van der Waals surface area contributed by atoms with Gasteiger partial charge in [0, 0.05) is 12.6 Å². The summed E-state index contributed by atoms with van der Waals surface area (Å²) in [4.78, 5) is 17.0. The second kappa shape index (κ2) is 9.48. The van der Waals surface area contributed by atoms with Crippen molar-refractivity contribution in [3.63, 3.8) is 0 Å². The molecule has 1 saturated heterocycles. The lowest BCUT2D eigenvalue weighted by Gasteiger charge is -2.23. The first-order chi connectivity index (χ1) is 12.7. The maximum absolute atomic E-state index is 12.6. The molecule has 1 atom stereocenters. The van der Waals surface area contributed by atoms with Crippen molar-refractivity contribution in [3.05, 3.63) is 65.5 Å². The zero-order chi connectivity index (χ0) is 18.2. The van der Waals surface area contributed by atoms with Crippen LogP contribution in [0.4, 0.5) is 0 Å². The fourth-order valence-corrected chi connectivity index (χ4v) is 3.54. The highest BCUT2D eigenvalue weighted by molar-refractivity contribution is 5.76. The Labute approximate surface area is 156 Å². The molecule has 2 aromatic rings. The summed E-state index contributed by atoms with van der Waals surface area (Å²) in [7, 11) is 0. The SMILES string of the molecule is Cc1ccc(CC(NC(=O)CCC2CCNCC2)c2ccccn2)cc1. The molecular weight excluding hydrogens is 322 g/mol. The third kappa shape index (κ3) is 5.67. The summed E-state index contributed by atoms with van der Waals surface area (Å²) in [6.45, 7) is 4.25. The Morgan fingerprint density at radius 2 is 1.96 bits per heavy atom. The number of nitrogens with zero attached hydrogens (tertiary/aromatic N) is 1. The van der Waals surface area contributed by atoms with Crippen molar-refractivity contribution in [2.24, 2.45) is 5.92 Å². The number of carbonyl (C=O) groups excluding carboxylic acids is 1. The smallest absolute Gasteiger partial charge is 0.220 e. The molecule has 1 aliphatic heterocycles. The number of hydrogen-bond acceptors (Lipinski definition) is 3. The van der Waals surface area contributed by atoms with E-state index in [0.717, 1.165) is 31.6 Å². The average molecular weight is 351 g/mol. The molecule has 3 rings (SSSR count). The highest BCUT2D eigenvalue weighted by atomic mass is 16.1. The molecular formula is C22H29N3O. The van der Waals surface area contributed by atoms with E-state index in [-0.39, 0.29) is 11.9 Å². The minimum absolute atomic E-state index is 0.0839. The van der Waals surface area contributed by atoms with E-state index in [4.69, 9.17) is 0 Å². The van der Waals surface area contributed by atoms with Crippen molar-refractivity contribution in [1.82, 2.24) is 15.6 Å². The monoisotopic (exact) mass is 351 g/mol. The van der Waals surface area contributed by atoms with E-state index in [0.29, 0.717) is 12.3 Å². The maximum Gasteiger partial charge on any atom is 0.220 e. The molecule has 2 heterocycles. The van der Waals surface area contributed by atoms with Gasteiger partial charge in [0.25, 0.3) is 0 Å². The largest absolute Gasteiger partial charge is 0.347 e. The van der Waals surface area contributed by atoms with Gasteiger partial charge in [0.15, 0.2) is 0 Å². The molecule has 1 amide bonds. The van der Waals surface area contributed by atoms with Crippen LogP contribution in [0, 0.1) is 12.8 Å². The molecule has 1 unspecified atom stereocenters. The maximum atomic E-state index is 12.6. The minimum atomic E-state index is -0.0839. The number of hydrogen-bond donors (Lipinski definition) is 2. The average Bonchev–Trinajstić information content (AvgIpc) is 2.69. The summed E-state index contributed by atoms with van der Waals surface area (Å²) in [6, 6.07) is 14.3. The van der Waals surface area contributed by atoms with Crippen LogP contribution >= 0.6 is 0 Å². The number of benzene rings is 1. The van der Waals surface area contributed by atoms with Crippen LogP contribution in [0.15, 0.2) is 48.7 Å². The van der Waals surface area contributed by atoms with Gasteiger partial charge in [-0.2, -0.15) is 0 Å². The Kier molecular flexibility index (Phi) is 6.78. The van der Waals surface area contributed by atoms with Gasteiger partial charge in [-0.05, 0) is 69.3 Å². The topological polar surface area (TPSA) is 54.0 Å². The van der Waals surface area contributed by atoms with Gasteiger partial charge < -0.3 is 10.6 Å². The van der Waals surface area contributed by atoms with Gasteiger partial charge in [0.1, 0.15) is 0 Å². The van der Waals surface area contributed by atoms with Crippen LogP contribution in [0.25, 0.3) is 0 Å². The second-order valence-corrected chi connectivity index (χ2v) is 7.30. The number of carbonyl (C=O) groups is 1. The molecule has 26 heavy (non-hydrogen) atoms. The number of rotatable bonds is 7. The molecule has 0 saturated carbocycles. The molecule has 4 nitrogen and oxygen atoms in total. The molecule has 0 spiro atoms. The Balaban J connectivity index is 1.61. The number of piperidine rings is 1. The van der Waals surface area contributed by atoms with Gasteiger partial charge in [-0.1, -0.05) is 35.9 Å². The third-order valence-corrected chi connectivity index (χ3v) is 5.18. The van der Waals surface area contributed by atoms with Crippen LogP contribution in [0.2, 0.25) is 0 Å². The van der Waals surface area contributed by atoms with Crippen LogP contribution in [0.1, 0.15) is 48.5 Å². The zero-order valence-electron chi connectivity index (χ0n) is 15.6. The summed E-state index contributed by atoms with van der Waals surface area (Å²) < 4.78 is 0. The minimum Gasteiger partial charge on any atom is -0.347 e. The summed E-state index contributed by atoms with van der Waals surface area (Å²) in [5, 5.41) is 6.60. The molecule has 1 aromatic heterocycles. The number of aryl methyl sites for hydroxylation is 1. The van der Waals surface area contributed by atoms with Crippen molar-refractivity contribution in [3.8, 4) is 0 Å². The van der Waals surface area contributed by atoms with Crippen molar-refractivity contribution in [2.75, 3.05) is 13.1 Å². The van der Waals surface area contributed by atoms with Crippen LogP contribution in [-0.2, 0) is 11.2 Å². The van der Waals surface area contributed by atoms with Gasteiger partial charge in [0.2, 0.25) is 5.91 Å². The first-order valence-electron chi connectivity index (χ1n) is 9.67. The summed E-state index contributed by atoms with van der Waals surface area (Å²) >= 11 is 0. The van der Waals surface area contributed by atoms with Crippen molar-refractivity contribution < 1.29 is 4.79 Å². The van der Waals surface area contributed by atoms with Crippen LogP contribution in [-0.4, -0.2) is 24.0 Å². The van der Waals surface area contributed by atoms with E-state index in [1.807, 2.05) is 18.2 Å². The lowest BCUT2D eigenvalue weighted by atomic mass is 9.93. The van der Waals surface area contributed by atoms with Gasteiger partial charge in [0.05, 0.1) is 11.7 Å². The standard InChI is InChI=1S/C22H29N3O/c1-17-5-7-19(8-6-17)16-21(20-4-2-3-13-24-20)25-22(26)10-9-18-11-14-23-15-12-18/h2-8,13,18,21,23H,9-12,14-16H2,1H3,(H,25,26). The highest BCUT2D eigenvalue weighted by Crippen LogP contribution is 2.20. The fraction of sp³-hybridized carbons (Fsp3) is 0.455. The molecule has 1 fully saturated rings. The van der Waals surface area contributed by atoms with E-state index in [1.54, 1.807) is 6.20 Å².